The lowest BCUT2D eigenvalue weighted by Gasteiger charge is -2.08. The van der Waals surface area contributed by atoms with Gasteiger partial charge in [0, 0.05) is 13.0 Å². The molecule has 1 heterocycles. The molecule has 0 aliphatic heterocycles. The van der Waals surface area contributed by atoms with Gasteiger partial charge >= 0.3 is 5.69 Å². The summed E-state index contributed by atoms with van der Waals surface area (Å²) in [5.74, 6) is -0.105. The monoisotopic (exact) mass is 414 g/mol. The number of hydrogen-bond acceptors (Lipinski definition) is 7. The van der Waals surface area contributed by atoms with Crippen molar-refractivity contribution in [1.29, 1.82) is 0 Å². The first-order valence-electron chi connectivity index (χ1n) is 7.77. The maximum atomic E-state index is 11.7. The number of carbonyl (C=O) groups excluding carboxylic acids is 1. The Balaban J connectivity index is 1.84. The quantitative estimate of drug-likeness (QED) is 0.376. The highest BCUT2D eigenvalue weighted by Gasteiger charge is 2.08. The predicted octanol–water partition coefficient (Wildman–Crippen LogP) is 1.12. The minimum absolute atomic E-state index is 0.0162. The molecule has 0 saturated heterocycles. The molecule has 10 nitrogen and oxygen atoms in total. The number of nitrogens with zero attached hydrogens (tertiary/aromatic N) is 2. The molecule has 27 heavy (non-hydrogen) atoms. The number of ether oxygens (including phenoxy) is 1. The molecule has 1 amide bonds. The normalized spacial score (nSPS) is 10.8. The smallest absolute Gasteiger partial charge is 0.342 e. The summed E-state index contributed by atoms with van der Waals surface area (Å²) < 4.78 is 5.33. The second-order valence-electron chi connectivity index (χ2n) is 5.07. The van der Waals surface area contributed by atoms with Crippen molar-refractivity contribution in [2.24, 2.45) is 5.10 Å². The third-order valence-electron chi connectivity index (χ3n) is 3.07. The van der Waals surface area contributed by atoms with Crippen molar-refractivity contribution in [2.45, 2.75) is 13.3 Å². The lowest BCUT2D eigenvalue weighted by Crippen LogP contribution is -2.28. The minimum atomic E-state index is -0.716. The van der Waals surface area contributed by atoms with Gasteiger partial charge in [-0.15, -0.1) is 5.10 Å². The number of carbonyl (C=O) groups is 1. The maximum Gasteiger partial charge on any atom is 0.342 e. The molecular formula is C15H16Cl2N6O4. The Morgan fingerprint density at radius 3 is 2.67 bits per heavy atom. The summed E-state index contributed by atoms with van der Waals surface area (Å²) in [6.07, 6.45) is 1.40. The van der Waals surface area contributed by atoms with E-state index in [-0.39, 0.29) is 18.8 Å². The summed E-state index contributed by atoms with van der Waals surface area (Å²) in [5.41, 5.74) is 1.51. The van der Waals surface area contributed by atoms with Crippen molar-refractivity contribution >= 4 is 41.1 Å². The van der Waals surface area contributed by atoms with Crippen LogP contribution in [0.15, 0.2) is 26.8 Å². The number of aromatic amines is 2. The molecule has 0 aliphatic carbocycles. The van der Waals surface area contributed by atoms with Crippen LogP contribution < -0.4 is 26.7 Å². The zero-order valence-electron chi connectivity index (χ0n) is 14.1. The molecule has 0 unspecified atom stereocenters. The first-order chi connectivity index (χ1) is 12.9. The molecular weight excluding hydrogens is 399 g/mol. The lowest BCUT2D eigenvalue weighted by atomic mass is 10.2. The predicted molar refractivity (Wildman–Crippen MR) is 102 cm³/mol. The fraction of sp³-hybridized carbons (Fsp3) is 0.267. The summed E-state index contributed by atoms with van der Waals surface area (Å²) in [6, 6.07) is 3.20. The highest BCUT2D eigenvalue weighted by atomic mass is 35.5. The summed E-state index contributed by atoms with van der Waals surface area (Å²) >= 11 is 12.2. The van der Waals surface area contributed by atoms with Crippen LogP contribution in [-0.2, 0) is 4.79 Å². The van der Waals surface area contributed by atoms with Crippen molar-refractivity contribution in [2.75, 3.05) is 18.5 Å². The van der Waals surface area contributed by atoms with Crippen LogP contribution in [0, 0.1) is 0 Å². The van der Waals surface area contributed by atoms with E-state index >= 15 is 0 Å². The van der Waals surface area contributed by atoms with Crippen molar-refractivity contribution in [3.05, 3.63) is 48.6 Å². The van der Waals surface area contributed by atoms with Gasteiger partial charge in [-0.1, -0.05) is 23.2 Å². The third kappa shape index (κ3) is 6.12. The van der Waals surface area contributed by atoms with E-state index in [4.69, 9.17) is 27.9 Å². The molecule has 4 N–H and O–H groups in total. The van der Waals surface area contributed by atoms with Crippen LogP contribution in [0.25, 0.3) is 0 Å². The van der Waals surface area contributed by atoms with E-state index in [9.17, 15) is 14.4 Å². The molecule has 12 heteroatoms. The Morgan fingerprint density at radius 1 is 1.33 bits per heavy atom. The molecule has 0 bridgehead atoms. The highest BCUT2D eigenvalue weighted by Crippen LogP contribution is 2.33. The number of hydrazone groups is 1. The van der Waals surface area contributed by atoms with Gasteiger partial charge in [0.05, 0.1) is 22.9 Å². The topological polar surface area (TPSA) is 141 Å². The van der Waals surface area contributed by atoms with Gasteiger partial charge in [-0.05, 0) is 24.6 Å². The Hall–Kier alpha value is -2.85. The number of amides is 1. The zero-order valence-corrected chi connectivity index (χ0v) is 15.6. The van der Waals surface area contributed by atoms with Crippen LogP contribution in [0.3, 0.4) is 0 Å². The van der Waals surface area contributed by atoms with E-state index in [0.29, 0.717) is 28.0 Å². The lowest BCUT2D eigenvalue weighted by molar-refractivity contribution is -0.120. The van der Waals surface area contributed by atoms with Gasteiger partial charge < -0.3 is 10.1 Å². The van der Waals surface area contributed by atoms with Gasteiger partial charge in [0.2, 0.25) is 11.7 Å². The maximum absolute atomic E-state index is 11.7. The van der Waals surface area contributed by atoms with Gasteiger partial charge in [0.15, 0.2) is 5.75 Å². The second kappa shape index (κ2) is 9.74. The molecule has 2 rings (SSSR count). The number of halogens is 2. The Bertz CT molecular complexity index is 933. The summed E-state index contributed by atoms with van der Waals surface area (Å²) in [5, 5.41) is 12.7. The number of hydrogen-bond donors (Lipinski definition) is 4. The molecule has 1 aromatic heterocycles. The number of benzene rings is 1. The minimum Gasteiger partial charge on any atom is -0.491 e. The number of aromatic nitrogens is 3. The first kappa shape index (κ1) is 20.5. The van der Waals surface area contributed by atoms with Gasteiger partial charge in [0.1, 0.15) is 0 Å². The SMILES string of the molecule is CCOc1c(Cl)cc(/C=N/NC(=O)CCNc2n[nH]c(=O)[nH]c2=O)cc1Cl. The van der Waals surface area contributed by atoms with Gasteiger partial charge in [-0.2, -0.15) is 5.10 Å². The highest BCUT2D eigenvalue weighted by molar-refractivity contribution is 6.37. The molecule has 0 spiro atoms. The Morgan fingerprint density at radius 2 is 2.04 bits per heavy atom. The average molecular weight is 415 g/mol. The fourth-order valence-electron chi connectivity index (χ4n) is 1.93. The number of nitrogens with one attached hydrogen (secondary N) is 4. The van der Waals surface area contributed by atoms with Gasteiger partial charge in [0.25, 0.3) is 5.56 Å². The van der Waals surface area contributed by atoms with E-state index in [2.05, 4.69) is 26.0 Å². The molecule has 144 valence electrons. The van der Waals surface area contributed by atoms with E-state index in [1.165, 1.54) is 6.21 Å². The van der Waals surface area contributed by atoms with E-state index in [0.717, 1.165) is 0 Å². The Kier molecular flexibility index (Phi) is 7.38. The van der Waals surface area contributed by atoms with E-state index < -0.39 is 17.2 Å². The molecule has 1 aromatic carbocycles. The van der Waals surface area contributed by atoms with Crippen LogP contribution in [0.2, 0.25) is 10.0 Å². The van der Waals surface area contributed by atoms with Crippen molar-refractivity contribution in [3.63, 3.8) is 0 Å². The fourth-order valence-corrected chi connectivity index (χ4v) is 2.55. The zero-order chi connectivity index (χ0) is 19.8. The summed E-state index contributed by atoms with van der Waals surface area (Å²) in [6.45, 7) is 2.36. The number of rotatable bonds is 8. The van der Waals surface area contributed by atoms with Crippen LogP contribution in [-0.4, -0.2) is 40.5 Å². The van der Waals surface area contributed by atoms with E-state index in [1.807, 2.05) is 11.9 Å². The third-order valence-corrected chi connectivity index (χ3v) is 3.63. The molecule has 0 atom stereocenters. The van der Waals surface area contributed by atoms with Gasteiger partial charge in [-0.25, -0.2) is 15.3 Å². The van der Waals surface area contributed by atoms with Crippen LogP contribution >= 0.6 is 23.2 Å². The molecule has 2 aromatic rings. The largest absolute Gasteiger partial charge is 0.491 e. The van der Waals surface area contributed by atoms with Crippen molar-refractivity contribution in [3.8, 4) is 5.75 Å². The van der Waals surface area contributed by atoms with E-state index in [1.54, 1.807) is 12.1 Å². The first-order valence-corrected chi connectivity index (χ1v) is 8.53. The average Bonchev–Trinajstić information content (AvgIpc) is 2.60. The van der Waals surface area contributed by atoms with Crippen molar-refractivity contribution < 1.29 is 9.53 Å². The standard InChI is InChI=1S/C15H16Cl2N6O4/c1-2-27-12-9(16)5-8(6-10(12)17)7-19-21-11(24)3-4-18-13-14(25)20-15(26)23-22-13/h5-7H,2-4H2,1H3,(H,18,22)(H,21,24)(H2,20,23,25,26)/b19-7+. The molecule has 0 fully saturated rings. The molecule has 0 aliphatic rings. The van der Waals surface area contributed by atoms with Crippen LogP contribution in [0.5, 0.6) is 5.75 Å². The van der Waals surface area contributed by atoms with Crippen LogP contribution in [0.1, 0.15) is 18.9 Å². The van der Waals surface area contributed by atoms with Gasteiger partial charge in [-0.3, -0.25) is 14.6 Å². The molecule has 0 radical (unpaired) electrons. The number of anilines is 1. The van der Waals surface area contributed by atoms with Crippen molar-refractivity contribution in [1.82, 2.24) is 20.6 Å². The Labute approximate surface area is 162 Å². The summed E-state index contributed by atoms with van der Waals surface area (Å²) in [4.78, 5) is 36.0. The molecule has 0 saturated carbocycles. The number of H-pyrrole nitrogens is 2. The second-order valence-corrected chi connectivity index (χ2v) is 5.89. The van der Waals surface area contributed by atoms with Crippen LogP contribution in [0.4, 0.5) is 5.82 Å². The summed E-state index contributed by atoms with van der Waals surface area (Å²) in [7, 11) is 0.